The van der Waals surface area contributed by atoms with Gasteiger partial charge >= 0.3 is 0 Å². The number of pyridine rings is 1. The Morgan fingerprint density at radius 3 is 2.56 bits per heavy atom. The fourth-order valence-electron chi connectivity index (χ4n) is 3.39. The smallest absolute Gasteiger partial charge is 0.162 e. The molecule has 36 heavy (non-hydrogen) atoms. The molecule has 1 unspecified atom stereocenters. The molecule has 2 aromatic rings. The van der Waals surface area contributed by atoms with E-state index in [0.29, 0.717) is 18.1 Å². The van der Waals surface area contributed by atoms with Crippen LogP contribution >= 0.6 is 40.2 Å². The molecule has 1 fully saturated rings. The van der Waals surface area contributed by atoms with Gasteiger partial charge in [-0.1, -0.05) is 19.9 Å². The highest BCUT2D eigenvalue weighted by molar-refractivity contribution is 14.2. The minimum Gasteiger partial charge on any atom is -0.403 e. The molecule has 1 atom stereocenters. The molecule has 1 saturated carbocycles. The molecule has 1 heterocycles. The summed E-state index contributed by atoms with van der Waals surface area (Å²) in [7, 11) is 0. The Morgan fingerprint density at radius 1 is 1.28 bits per heavy atom. The normalized spacial score (nSPS) is 14.2. The first-order valence-corrected chi connectivity index (χ1v) is 17.3. The van der Waals surface area contributed by atoms with Gasteiger partial charge in [-0.2, -0.15) is 0 Å². The van der Waals surface area contributed by atoms with Crippen LogP contribution < -0.4 is 15.7 Å². The van der Waals surface area contributed by atoms with Crippen LogP contribution in [-0.2, 0) is 0 Å². The van der Waals surface area contributed by atoms with E-state index in [-0.39, 0.29) is 0 Å². The highest BCUT2D eigenvalue weighted by Gasteiger charge is 2.24. The van der Waals surface area contributed by atoms with Crippen molar-refractivity contribution >= 4 is 87.0 Å². The lowest BCUT2D eigenvalue weighted by Gasteiger charge is -2.23. The van der Waals surface area contributed by atoms with Crippen molar-refractivity contribution in [3.8, 4) is 0 Å². The van der Waals surface area contributed by atoms with E-state index in [0.717, 1.165) is 40.8 Å². The van der Waals surface area contributed by atoms with Crippen molar-refractivity contribution in [2.45, 2.75) is 58.3 Å². The van der Waals surface area contributed by atoms with Gasteiger partial charge < -0.3 is 15.7 Å². The SMILES string of the molecule is C=Nc1c(Nc2ccc(C3CC3)cc2SC)cc(N=C(C)C(C)=N/C=C/N)nc1N(CC)PI.CC. The molecule has 0 amide bonds. The van der Waals surface area contributed by atoms with Crippen LogP contribution in [0.15, 0.2) is 56.5 Å². The second kappa shape index (κ2) is 15.3. The van der Waals surface area contributed by atoms with Gasteiger partial charge in [-0.25, -0.2) is 9.98 Å². The molecule has 1 aliphatic carbocycles. The van der Waals surface area contributed by atoms with E-state index >= 15 is 0 Å². The molecule has 3 rings (SSSR count). The van der Waals surface area contributed by atoms with Crippen molar-refractivity contribution in [3.05, 3.63) is 42.2 Å². The lowest BCUT2D eigenvalue weighted by Crippen LogP contribution is -2.12. The number of aromatic nitrogens is 1. The summed E-state index contributed by atoms with van der Waals surface area (Å²) >= 11 is 4.10. The third-order valence-corrected chi connectivity index (χ3v) is 8.75. The Balaban J connectivity index is 0.00000222. The first kappa shape index (κ1) is 30.3. The summed E-state index contributed by atoms with van der Waals surface area (Å²) in [6, 6.07) is 8.61. The minimum atomic E-state index is 0.503. The van der Waals surface area contributed by atoms with E-state index in [4.69, 9.17) is 15.7 Å². The average molecular weight is 638 g/mol. The Morgan fingerprint density at radius 2 is 2.00 bits per heavy atom. The van der Waals surface area contributed by atoms with E-state index in [9.17, 15) is 0 Å². The van der Waals surface area contributed by atoms with Gasteiger partial charge in [0.25, 0.3) is 0 Å². The molecule has 0 radical (unpaired) electrons. The second-order valence-electron chi connectivity index (χ2n) is 7.80. The number of rotatable bonds is 11. The largest absolute Gasteiger partial charge is 0.403 e. The molecule has 7 nitrogen and oxygen atoms in total. The number of halogens is 1. The molecule has 0 aliphatic heterocycles. The number of anilines is 3. The Hall–Kier alpha value is -1.97. The Bertz CT molecular complexity index is 1130. The Kier molecular flexibility index (Phi) is 12.9. The monoisotopic (exact) mass is 637 g/mol. The molecule has 1 aromatic carbocycles. The van der Waals surface area contributed by atoms with Crippen LogP contribution in [-0.4, -0.2) is 35.9 Å². The summed E-state index contributed by atoms with van der Waals surface area (Å²) in [5, 5.41) is 3.60. The number of thioether (sulfide) groups is 1. The number of nitrogens with one attached hydrogen (secondary N) is 1. The van der Waals surface area contributed by atoms with E-state index in [1.54, 1.807) is 18.0 Å². The van der Waals surface area contributed by atoms with Crippen LogP contribution in [0.25, 0.3) is 0 Å². The molecule has 1 aromatic heterocycles. The average Bonchev–Trinajstić information content (AvgIpc) is 3.75. The summed E-state index contributed by atoms with van der Waals surface area (Å²) in [5.74, 6) is 2.06. The third kappa shape index (κ3) is 8.02. The summed E-state index contributed by atoms with van der Waals surface area (Å²) in [6.45, 7) is 14.6. The lowest BCUT2D eigenvalue weighted by atomic mass is 10.1. The zero-order valence-corrected chi connectivity index (χ0v) is 25.9. The van der Waals surface area contributed by atoms with Crippen LogP contribution in [0, 0.1) is 0 Å². The van der Waals surface area contributed by atoms with Crippen molar-refractivity contribution in [3.63, 3.8) is 0 Å². The van der Waals surface area contributed by atoms with Crippen LogP contribution in [0.3, 0.4) is 0 Å². The summed E-state index contributed by atoms with van der Waals surface area (Å²) < 4.78 is 2.17. The third-order valence-electron chi connectivity index (χ3n) is 5.50. The van der Waals surface area contributed by atoms with E-state index < -0.39 is 0 Å². The van der Waals surface area contributed by atoms with Gasteiger partial charge in [0.2, 0.25) is 0 Å². The highest BCUT2D eigenvalue weighted by atomic mass is 127. The molecule has 194 valence electrons. The Labute approximate surface area is 235 Å². The fourth-order valence-corrected chi connectivity index (χ4v) is 6.04. The number of benzene rings is 1. The maximum atomic E-state index is 5.42. The van der Waals surface area contributed by atoms with E-state index in [1.807, 2.05) is 33.8 Å². The minimum absolute atomic E-state index is 0.503. The first-order chi connectivity index (χ1) is 17.4. The molecule has 10 heteroatoms. The van der Waals surface area contributed by atoms with Gasteiger partial charge in [0, 0.05) is 36.3 Å². The number of hydrogen-bond donors (Lipinski definition) is 2. The molecule has 0 saturated heterocycles. The van der Waals surface area contributed by atoms with Crippen molar-refractivity contribution in [1.82, 2.24) is 4.98 Å². The standard InChI is InChI=1S/C24H31IN7PS.C2H6/c1-6-32(33-25)24-23(27-4)20(14-22(31-24)29-16(3)15(2)28-12-11-26)30-19-10-9-18(17-7-8-17)13-21(19)34-5;1-2/h9-14,17,33H,4,6-8,26H2,1-3,5H3,(H,30,31);1-2H3/b12-11+,28-15?,29-16?;. The molecule has 0 spiro atoms. The quantitative estimate of drug-likeness (QED) is 0.112. The van der Waals surface area contributed by atoms with Crippen molar-refractivity contribution < 1.29 is 0 Å². The fraction of sp³-hybridized carbons (Fsp3) is 0.385. The van der Waals surface area contributed by atoms with Crippen molar-refractivity contribution in [2.75, 3.05) is 22.8 Å². The zero-order valence-electron chi connectivity index (χ0n) is 22.0. The summed E-state index contributed by atoms with van der Waals surface area (Å²) in [5.41, 5.74) is 11.0. The first-order valence-electron chi connectivity index (χ1n) is 12.0. The van der Waals surface area contributed by atoms with Crippen molar-refractivity contribution in [1.29, 1.82) is 0 Å². The maximum Gasteiger partial charge on any atom is 0.162 e. The summed E-state index contributed by atoms with van der Waals surface area (Å²) in [6.07, 6.45) is 8.13. The van der Waals surface area contributed by atoms with Gasteiger partial charge in [0.15, 0.2) is 11.6 Å². The lowest BCUT2D eigenvalue weighted by molar-refractivity contribution is 1.06. The van der Waals surface area contributed by atoms with Gasteiger partial charge in [0.05, 0.1) is 22.8 Å². The highest BCUT2D eigenvalue weighted by Crippen LogP contribution is 2.46. The predicted molar refractivity (Wildman–Crippen MR) is 173 cm³/mol. The van der Waals surface area contributed by atoms with Crippen LogP contribution in [0.1, 0.15) is 58.9 Å². The number of hydrogen-bond acceptors (Lipinski definition) is 8. The van der Waals surface area contributed by atoms with E-state index in [1.165, 1.54) is 29.5 Å². The topological polar surface area (TPSA) is 91.3 Å². The van der Waals surface area contributed by atoms with Crippen molar-refractivity contribution in [2.24, 2.45) is 20.7 Å². The van der Waals surface area contributed by atoms with Crippen LogP contribution in [0.2, 0.25) is 0 Å². The van der Waals surface area contributed by atoms with Gasteiger partial charge in [0.1, 0.15) is 5.69 Å². The number of nitrogens with zero attached hydrogens (tertiary/aromatic N) is 5. The second-order valence-corrected chi connectivity index (χ2v) is 10.8. The molecular weight excluding hydrogens is 600 g/mol. The molecule has 1 aliphatic rings. The van der Waals surface area contributed by atoms with E-state index in [2.05, 4.69) is 80.1 Å². The number of aliphatic imine (C=N–C) groups is 3. The maximum absolute atomic E-state index is 5.42. The van der Waals surface area contributed by atoms with Gasteiger partial charge in [-0.05, 0) is 92.2 Å². The molecular formula is C26H37IN7PS. The molecule has 0 bridgehead atoms. The number of nitrogens with two attached hydrogens (primary N) is 1. The molecule has 3 N–H and O–H groups in total. The van der Waals surface area contributed by atoms with Crippen LogP contribution in [0.4, 0.5) is 28.7 Å². The van der Waals surface area contributed by atoms with Gasteiger partial charge in [-0.3, -0.25) is 9.98 Å². The van der Waals surface area contributed by atoms with Gasteiger partial charge in [-0.15, -0.1) is 11.8 Å². The summed E-state index contributed by atoms with van der Waals surface area (Å²) in [4.78, 5) is 19.5. The zero-order chi connectivity index (χ0) is 26.7. The predicted octanol–water partition coefficient (Wildman–Crippen LogP) is 8.54. The van der Waals surface area contributed by atoms with Crippen LogP contribution in [0.5, 0.6) is 0 Å².